The molecule has 0 radical (unpaired) electrons. The quantitative estimate of drug-likeness (QED) is 0.192. The van der Waals surface area contributed by atoms with Gasteiger partial charge in [-0.2, -0.15) is 0 Å². The van der Waals surface area contributed by atoms with Crippen molar-refractivity contribution in [2.24, 2.45) is 5.11 Å². The maximum atomic E-state index is 11.6. The molecular formula is C15H17N3O4. The fourth-order valence-corrected chi connectivity index (χ4v) is 1.68. The molecule has 0 aliphatic carbocycles. The fourth-order valence-electron chi connectivity index (χ4n) is 1.68. The molecule has 0 heterocycles. The zero-order valence-electron chi connectivity index (χ0n) is 12.6. The van der Waals surface area contributed by atoms with Gasteiger partial charge in [-0.05, 0) is 36.7 Å². The van der Waals surface area contributed by atoms with Gasteiger partial charge in [0.15, 0.2) is 0 Å². The maximum Gasteiger partial charge on any atom is 0.340 e. The van der Waals surface area contributed by atoms with Gasteiger partial charge in [-0.25, -0.2) is 4.79 Å². The summed E-state index contributed by atoms with van der Waals surface area (Å²) in [5.74, 6) is 0.549. The van der Waals surface area contributed by atoms with Crippen molar-refractivity contribution in [2.75, 3.05) is 20.8 Å². The Labute approximate surface area is 128 Å². The number of hydrogen-bond donors (Lipinski definition) is 0. The lowest BCUT2D eigenvalue weighted by atomic mass is 10.1. The second-order valence-corrected chi connectivity index (χ2v) is 3.90. The molecule has 0 aliphatic rings. The summed E-state index contributed by atoms with van der Waals surface area (Å²) in [6.07, 6.45) is 4.61. The first-order valence-electron chi connectivity index (χ1n) is 6.49. The highest BCUT2D eigenvalue weighted by Crippen LogP contribution is 2.29. The lowest BCUT2D eigenvalue weighted by molar-refractivity contribution is -0.138. The van der Waals surface area contributed by atoms with Crippen LogP contribution in [0, 0.1) is 0 Å². The van der Waals surface area contributed by atoms with E-state index in [0.29, 0.717) is 17.1 Å². The number of benzene rings is 1. The Morgan fingerprint density at radius 1 is 1.32 bits per heavy atom. The largest absolute Gasteiger partial charge is 0.496 e. The number of esters is 1. The maximum absolute atomic E-state index is 11.6. The van der Waals surface area contributed by atoms with Crippen molar-refractivity contribution < 1.29 is 19.0 Å². The van der Waals surface area contributed by atoms with Crippen LogP contribution in [0.2, 0.25) is 0 Å². The van der Waals surface area contributed by atoms with E-state index >= 15 is 0 Å². The molecule has 7 heteroatoms. The Morgan fingerprint density at radius 2 is 1.95 bits per heavy atom. The summed E-state index contributed by atoms with van der Waals surface area (Å²) in [6, 6.07) is 5.37. The number of hydrogen-bond acceptors (Lipinski definition) is 5. The van der Waals surface area contributed by atoms with Crippen LogP contribution in [0.1, 0.15) is 12.5 Å². The van der Waals surface area contributed by atoms with E-state index in [2.05, 4.69) is 10.0 Å². The Bertz CT molecular complexity index is 609. The minimum Gasteiger partial charge on any atom is -0.496 e. The van der Waals surface area contributed by atoms with Crippen molar-refractivity contribution in [2.45, 2.75) is 6.92 Å². The van der Waals surface area contributed by atoms with E-state index < -0.39 is 5.97 Å². The van der Waals surface area contributed by atoms with Crippen LogP contribution in [0.25, 0.3) is 16.5 Å². The highest BCUT2D eigenvalue weighted by atomic mass is 16.5. The monoisotopic (exact) mass is 303 g/mol. The third-order valence-corrected chi connectivity index (χ3v) is 2.62. The van der Waals surface area contributed by atoms with Crippen LogP contribution in [0.4, 0.5) is 0 Å². The fraction of sp³-hybridized carbons (Fsp3) is 0.267. The number of ether oxygens (including phenoxy) is 3. The summed E-state index contributed by atoms with van der Waals surface area (Å²) in [5.41, 5.74) is 9.05. The van der Waals surface area contributed by atoms with Crippen molar-refractivity contribution in [1.29, 1.82) is 0 Å². The number of nitrogens with zero attached hydrogens (tertiary/aromatic N) is 3. The zero-order chi connectivity index (χ0) is 16.4. The molecule has 0 fully saturated rings. The van der Waals surface area contributed by atoms with Crippen LogP contribution in [-0.4, -0.2) is 26.8 Å². The lowest BCUT2D eigenvalue weighted by Crippen LogP contribution is -2.05. The van der Waals surface area contributed by atoms with Gasteiger partial charge in [0.2, 0.25) is 0 Å². The Hall–Kier alpha value is -2.92. The number of rotatable bonds is 7. The molecular weight excluding hydrogens is 286 g/mol. The van der Waals surface area contributed by atoms with Gasteiger partial charge in [0.05, 0.1) is 26.4 Å². The molecule has 1 rings (SSSR count). The summed E-state index contributed by atoms with van der Waals surface area (Å²) >= 11 is 0. The molecule has 7 nitrogen and oxygen atoms in total. The number of allylic oxidation sites excluding steroid dienone is 2. The van der Waals surface area contributed by atoms with E-state index in [1.165, 1.54) is 6.08 Å². The number of azide groups is 1. The first kappa shape index (κ1) is 17.1. The van der Waals surface area contributed by atoms with Crippen LogP contribution in [0.5, 0.6) is 11.5 Å². The summed E-state index contributed by atoms with van der Waals surface area (Å²) in [4.78, 5) is 14.2. The molecule has 0 N–H and O–H groups in total. The van der Waals surface area contributed by atoms with Crippen molar-refractivity contribution >= 4 is 12.0 Å². The third-order valence-electron chi connectivity index (χ3n) is 2.62. The van der Waals surface area contributed by atoms with Gasteiger partial charge in [0, 0.05) is 4.91 Å². The molecule has 0 atom stereocenters. The summed E-state index contributed by atoms with van der Waals surface area (Å²) < 4.78 is 15.3. The van der Waals surface area contributed by atoms with Crippen molar-refractivity contribution in [1.82, 2.24) is 0 Å². The Kier molecular flexibility index (Phi) is 7.08. The molecule has 0 spiro atoms. The van der Waals surface area contributed by atoms with Crippen molar-refractivity contribution in [3.63, 3.8) is 0 Å². The molecule has 0 aromatic heterocycles. The predicted octanol–water partition coefficient (Wildman–Crippen LogP) is 3.47. The smallest absolute Gasteiger partial charge is 0.340 e. The first-order valence-corrected chi connectivity index (χ1v) is 6.49. The van der Waals surface area contributed by atoms with Gasteiger partial charge in [-0.15, -0.1) is 0 Å². The van der Waals surface area contributed by atoms with E-state index in [9.17, 15) is 4.79 Å². The van der Waals surface area contributed by atoms with E-state index in [-0.39, 0.29) is 12.3 Å². The standard InChI is InChI=1S/C15H17N3O4/c1-4-22-15(19)12(17-18-16)8-5-7-11-13(20-2)9-6-10-14(11)21-3/h5-10H,4H2,1-3H3/b7-5+,12-8+. The summed E-state index contributed by atoms with van der Waals surface area (Å²) in [6.45, 7) is 1.86. The average Bonchev–Trinajstić information content (AvgIpc) is 2.54. The van der Waals surface area contributed by atoms with Crippen LogP contribution < -0.4 is 9.47 Å². The van der Waals surface area contributed by atoms with Crippen LogP contribution in [0.3, 0.4) is 0 Å². The average molecular weight is 303 g/mol. The second kappa shape index (κ2) is 9.10. The molecule has 0 saturated heterocycles. The summed E-state index contributed by atoms with van der Waals surface area (Å²) in [5, 5.41) is 3.31. The third kappa shape index (κ3) is 4.57. The molecule has 0 saturated carbocycles. The Balaban J connectivity index is 3.11. The van der Waals surface area contributed by atoms with Gasteiger partial charge in [0.25, 0.3) is 0 Å². The van der Waals surface area contributed by atoms with Crippen LogP contribution in [-0.2, 0) is 9.53 Å². The van der Waals surface area contributed by atoms with Crippen LogP contribution in [0.15, 0.2) is 41.2 Å². The SMILES string of the molecule is CCOC(=O)/C(=C\C=C\c1c(OC)cccc1OC)N=[N+]=[N-]. The van der Waals surface area contributed by atoms with E-state index in [0.717, 1.165) is 0 Å². The molecule has 0 amide bonds. The Morgan fingerprint density at radius 3 is 2.45 bits per heavy atom. The van der Waals surface area contributed by atoms with E-state index in [1.807, 2.05) is 0 Å². The number of carbonyl (C=O) groups excluding carboxylic acids is 1. The zero-order valence-corrected chi connectivity index (χ0v) is 12.6. The molecule has 1 aromatic carbocycles. The topological polar surface area (TPSA) is 93.5 Å². The first-order chi connectivity index (χ1) is 10.7. The number of carbonyl (C=O) groups is 1. The van der Waals surface area contributed by atoms with E-state index in [1.54, 1.807) is 51.5 Å². The normalized spacial score (nSPS) is 11.0. The van der Waals surface area contributed by atoms with Gasteiger partial charge in [-0.1, -0.05) is 17.3 Å². The minimum atomic E-state index is -0.683. The molecule has 116 valence electrons. The van der Waals surface area contributed by atoms with E-state index in [4.69, 9.17) is 19.7 Å². The van der Waals surface area contributed by atoms with Crippen molar-refractivity contribution in [3.05, 3.63) is 52.1 Å². The van der Waals surface area contributed by atoms with Crippen LogP contribution >= 0.6 is 0 Å². The molecule has 22 heavy (non-hydrogen) atoms. The molecule has 0 aliphatic heterocycles. The molecule has 0 unspecified atom stereocenters. The molecule has 0 bridgehead atoms. The second-order valence-electron chi connectivity index (χ2n) is 3.90. The highest BCUT2D eigenvalue weighted by Gasteiger charge is 2.08. The van der Waals surface area contributed by atoms with Crippen molar-refractivity contribution in [3.8, 4) is 11.5 Å². The predicted molar refractivity (Wildman–Crippen MR) is 82.4 cm³/mol. The summed E-state index contributed by atoms with van der Waals surface area (Å²) in [7, 11) is 3.10. The van der Waals surface area contributed by atoms with Gasteiger partial charge in [-0.3, -0.25) is 0 Å². The lowest BCUT2D eigenvalue weighted by Gasteiger charge is -2.09. The molecule has 1 aromatic rings. The number of methoxy groups -OCH3 is 2. The van der Waals surface area contributed by atoms with Gasteiger partial charge in [0.1, 0.15) is 17.2 Å². The highest BCUT2D eigenvalue weighted by molar-refractivity contribution is 5.88. The van der Waals surface area contributed by atoms with Gasteiger partial charge >= 0.3 is 5.97 Å². The minimum absolute atomic E-state index is 0.130. The van der Waals surface area contributed by atoms with Gasteiger partial charge < -0.3 is 14.2 Å².